The van der Waals surface area contributed by atoms with E-state index >= 15 is 0 Å². The lowest BCUT2D eigenvalue weighted by Gasteiger charge is -2.04. The maximum absolute atomic E-state index is 6.06. The summed E-state index contributed by atoms with van der Waals surface area (Å²) >= 11 is 0. The van der Waals surface area contributed by atoms with Gasteiger partial charge in [0.2, 0.25) is 0 Å². The van der Waals surface area contributed by atoms with Crippen molar-refractivity contribution in [2.24, 2.45) is 0 Å². The smallest absolute Gasteiger partial charge is 0.122 e. The normalized spacial score (nSPS) is 10.7. The monoisotopic (exact) mass is 263 g/mol. The Morgan fingerprint density at radius 3 is 2.40 bits per heavy atom. The Kier molecular flexibility index (Phi) is 3.25. The zero-order chi connectivity index (χ0) is 13.9. The van der Waals surface area contributed by atoms with Crippen molar-refractivity contribution < 1.29 is 0 Å². The van der Waals surface area contributed by atoms with Crippen molar-refractivity contribution in [2.45, 2.75) is 13.5 Å². The third-order valence-corrected chi connectivity index (χ3v) is 3.33. The molecule has 0 aliphatic heterocycles. The van der Waals surface area contributed by atoms with Crippen LogP contribution in [-0.2, 0) is 6.54 Å². The van der Waals surface area contributed by atoms with Gasteiger partial charge in [-0.25, -0.2) is 4.68 Å². The highest BCUT2D eigenvalue weighted by atomic mass is 15.3. The molecule has 0 saturated heterocycles. The van der Waals surface area contributed by atoms with Crippen LogP contribution in [0.2, 0.25) is 0 Å². The number of hydrogen-bond donors (Lipinski definition) is 1. The summed E-state index contributed by atoms with van der Waals surface area (Å²) in [4.78, 5) is 0. The van der Waals surface area contributed by atoms with Crippen LogP contribution in [0.1, 0.15) is 11.1 Å². The number of nitrogens with two attached hydrogens (primary N) is 1. The van der Waals surface area contributed by atoms with Crippen molar-refractivity contribution in [3.8, 4) is 11.3 Å². The molecule has 3 rings (SSSR count). The first-order valence-corrected chi connectivity index (χ1v) is 6.67. The van der Waals surface area contributed by atoms with Crippen LogP contribution >= 0.6 is 0 Å². The number of hydrogen-bond acceptors (Lipinski definition) is 2. The number of aromatic nitrogens is 2. The van der Waals surface area contributed by atoms with Crippen molar-refractivity contribution in [3.63, 3.8) is 0 Å². The Labute approximate surface area is 118 Å². The lowest BCUT2D eigenvalue weighted by atomic mass is 10.1. The highest BCUT2D eigenvalue weighted by Crippen LogP contribution is 2.20. The molecule has 0 fully saturated rings. The van der Waals surface area contributed by atoms with E-state index in [0.717, 1.165) is 11.3 Å². The van der Waals surface area contributed by atoms with Crippen molar-refractivity contribution in [2.75, 3.05) is 5.73 Å². The van der Waals surface area contributed by atoms with Crippen LogP contribution in [0.5, 0.6) is 0 Å². The van der Waals surface area contributed by atoms with E-state index in [4.69, 9.17) is 5.73 Å². The van der Waals surface area contributed by atoms with Crippen LogP contribution in [-0.4, -0.2) is 9.78 Å². The minimum atomic E-state index is 0.685. The van der Waals surface area contributed by atoms with Gasteiger partial charge >= 0.3 is 0 Å². The molecule has 2 N–H and O–H groups in total. The van der Waals surface area contributed by atoms with Gasteiger partial charge in [0, 0.05) is 11.6 Å². The summed E-state index contributed by atoms with van der Waals surface area (Å²) in [7, 11) is 0. The summed E-state index contributed by atoms with van der Waals surface area (Å²) in [6.07, 6.45) is 0. The van der Waals surface area contributed by atoms with Crippen LogP contribution in [0.4, 0.5) is 5.82 Å². The fourth-order valence-corrected chi connectivity index (χ4v) is 2.17. The summed E-state index contributed by atoms with van der Waals surface area (Å²) in [5.41, 5.74) is 10.5. The molecule has 3 aromatic rings. The summed E-state index contributed by atoms with van der Waals surface area (Å²) in [5, 5.41) is 4.59. The van der Waals surface area contributed by atoms with Crippen molar-refractivity contribution in [1.29, 1.82) is 0 Å². The molecule has 0 saturated carbocycles. The summed E-state index contributed by atoms with van der Waals surface area (Å²) in [5.74, 6) is 0.685. The summed E-state index contributed by atoms with van der Waals surface area (Å²) in [6, 6.07) is 20.4. The van der Waals surface area contributed by atoms with E-state index in [0.29, 0.717) is 12.4 Å². The molecular weight excluding hydrogens is 246 g/mol. The van der Waals surface area contributed by atoms with Gasteiger partial charge in [0.05, 0.1) is 12.2 Å². The maximum Gasteiger partial charge on any atom is 0.122 e. The molecular formula is C17H17N3. The Morgan fingerprint density at radius 1 is 1.00 bits per heavy atom. The van der Waals surface area contributed by atoms with Gasteiger partial charge in [-0.1, -0.05) is 60.2 Å². The molecule has 3 heteroatoms. The van der Waals surface area contributed by atoms with Gasteiger partial charge in [-0.15, -0.1) is 0 Å². The van der Waals surface area contributed by atoms with Crippen LogP contribution in [0.25, 0.3) is 11.3 Å². The number of benzene rings is 2. The third kappa shape index (κ3) is 2.57. The van der Waals surface area contributed by atoms with Gasteiger partial charge < -0.3 is 5.73 Å². The molecule has 0 spiro atoms. The van der Waals surface area contributed by atoms with Gasteiger partial charge in [0.1, 0.15) is 5.82 Å². The largest absolute Gasteiger partial charge is 0.384 e. The topological polar surface area (TPSA) is 43.8 Å². The average molecular weight is 263 g/mol. The lowest BCUT2D eigenvalue weighted by molar-refractivity contribution is 0.699. The van der Waals surface area contributed by atoms with E-state index in [-0.39, 0.29) is 0 Å². The first-order valence-electron chi connectivity index (χ1n) is 6.67. The minimum absolute atomic E-state index is 0.685. The molecule has 0 aliphatic carbocycles. The van der Waals surface area contributed by atoms with Crippen molar-refractivity contribution >= 4 is 5.82 Å². The van der Waals surface area contributed by atoms with Crippen molar-refractivity contribution in [1.82, 2.24) is 9.78 Å². The summed E-state index contributed by atoms with van der Waals surface area (Å²) < 4.78 is 1.84. The predicted octanol–water partition coefficient (Wildman–Crippen LogP) is 3.49. The molecule has 20 heavy (non-hydrogen) atoms. The number of rotatable bonds is 3. The van der Waals surface area contributed by atoms with E-state index in [1.54, 1.807) is 0 Å². The van der Waals surface area contributed by atoms with Gasteiger partial charge in [-0.3, -0.25) is 0 Å². The van der Waals surface area contributed by atoms with Crippen LogP contribution < -0.4 is 5.73 Å². The second kappa shape index (κ2) is 5.21. The molecule has 0 unspecified atom stereocenters. The first kappa shape index (κ1) is 12.5. The molecule has 0 bridgehead atoms. The van der Waals surface area contributed by atoms with Crippen LogP contribution in [0, 0.1) is 6.92 Å². The second-order valence-corrected chi connectivity index (χ2v) is 4.96. The first-order chi connectivity index (χ1) is 9.72. The fraction of sp³-hybridized carbons (Fsp3) is 0.118. The fourth-order valence-electron chi connectivity index (χ4n) is 2.17. The van der Waals surface area contributed by atoms with E-state index in [9.17, 15) is 0 Å². The zero-order valence-electron chi connectivity index (χ0n) is 11.5. The molecule has 0 amide bonds. The lowest BCUT2D eigenvalue weighted by Crippen LogP contribution is -2.05. The Balaban J connectivity index is 1.88. The number of aryl methyl sites for hydroxylation is 1. The molecule has 2 aromatic carbocycles. The van der Waals surface area contributed by atoms with Crippen molar-refractivity contribution in [3.05, 3.63) is 71.8 Å². The Morgan fingerprint density at radius 2 is 1.70 bits per heavy atom. The van der Waals surface area contributed by atoms with E-state index < -0.39 is 0 Å². The Bertz CT molecular complexity index is 697. The third-order valence-electron chi connectivity index (χ3n) is 3.33. The average Bonchev–Trinajstić information content (AvgIpc) is 2.84. The van der Waals surface area contributed by atoms with E-state index in [1.807, 2.05) is 41.1 Å². The second-order valence-electron chi connectivity index (χ2n) is 4.96. The number of nitrogen functional groups attached to an aromatic ring is 1. The zero-order valence-corrected chi connectivity index (χ0v) is 11.5. The molecule has 3 nitrogen and oxygen atoms in total. The van der Waals surface area contributed by atoms with Crippen LogP contribution in [0.15, 0.2) is 60.7 Å². The number of anilines is 1. The molecule has 1 aromatic heterocycles. The highest BCUT2D eigenvalue weighted by Gasteiger charge is 2.07. The van der Waals surface area contributed by atoms with E-state index in [2.05, 4.69) is 36.3 Å². The Hall–Kier alpha value is -2.55. The quantitative estimate of drug-likeness (QED) is 0.786. The van der Waals surface area contributed by atoms with E-state index in [1.165, 1.54) is 11.1 Å². The van der Waals surface area contributed by atoms with Gasteiger partial charge in [0.25, 0.3) is 0 Å². The molecule has 0 radical (unpaired) electrons. The van der Waals surface area contributed by atoms with Crippen LogP contribution in [0.3, 0.4) is 0 Å². The molecule has 100 valence electrons. The maximum atomic E-state index is 6.06. The number of nitrogens with zero attached hydrogens (tertiary/aromatic N) is 2. The van der Waals surface area contributed by atoms with Gasteiger partial charge in [-0.2, -0.15) is 5.10 Å². The van der Waals surface area contributed by atoms with Gasteiger partial charge in [0.15, 0.2) is 0 Å². The summed E-state index contributed by atoms with van der Waals surface area (Å²) in [6.45, 7) is 2.78. The standard InChI is InChI=1S/C17H17N3/c1-13-7-9-14(10-8-13)12-20-17(18)11-16(19-20)15-5-3-2-4-6-15/h2-11H,12,18H2,1H3. The molecule has 0 aliphatic rings. The predicted molar refractivity (Wildman–Crippen MR) is 82.4 cm³/mol. The highest BCUT2D eigenvalue weighted by molar-refractivity contribution is 5.62. The minimum Gasteiger partial charge on any atom is -0.384 e. The molecule has 0 atom stereocenters. The van der Waals surface area contributed by atoms with Gasteiger partial charge in [-0.05, 0) is 12.5 Å². The molecule has 1 heterocycles. The SMILES string of the molecule is Cc1ccc(Cn2nc(-c3ccccc3)cc2N)cc1.